The van der Waals surface area contributed by atoms with Gasteiger partial charge in [-0.15, -0.1) is 0 Å². The second-order valence-corrected chi connectivity index (χ2v) is 5.82. The third-order valence-corrected chi connectivity index (χ3v) is 3.94. The molecule has 6 nitrogen and oxygen atoms in total. The van der Waals surface area contributed by atoms with Gasteiger partial charge in [0.05, 0.1) is 0 Å². The van der Waals surface area contributed by atoms with Crippen molar-refractivity contribution < 1.29 is 9.59 Å². The van der Waals surface area contributed by atoms with Gasteiger partial charge in [0.15, 0.2) is 0 Å². The van der Waals surface area contributed by atoms with E-state index in [0.717, 1.165) is 25.7 Å². The van der Waals surface area contributed by atoms with Gasteiger partial charge in [0.1, 0.15) is 0 Å². The molecule has 4 amide bonds. The van der Waals surface area contributed by atoms with Crippen molar-refractivity contribution in [3.8, 4) is 0 Å². The Morgan fingerprint density at radius 3 is 2.18 bits per heavy atom. The maximum absolute atomic E-state index is 12.0. The number of halogens is 1. The fourth-order valence-corrected chi connectivity index (χ4v) is 2.75. The molecule has 1 aromatic rings. The van der Waals surface area contributed by atoms with Gasteiger partial charge in [-0.2, -0.15) is 0 Å². The minimum absolute atomic E-state index is 0.127. The Hall–Kier alpha value is -1.95. The summed E-state index contributed by atoms with van der Waals surface area (Å²) in [5.74, 6) is 0. The standard InChI is InChI=1S/C15H21ClN4O2/c1-17-14(21)18-11-5-7-12(8-6-11)19-15(22)20-13-4-2-3-10(16)9-13/h2-4,9,11-12H,5-8H2,1H3,(H2,17,18,21)(H2,19,20,22). The normalized spacial score (nSPS) is 20.8. The fourth-order valence-electron chi connectivity index (χ4n) is 2.56. The van der Waals surface area contributed by atoms with E-state index in [0.29, 0.717) is 10.7 Å². The monoisotopic (exact) mass is 324 g/mol. The zero-order chi connectivity index (χ0) is 15.9. The second kappa shape index (κ2) is 7.89. The molecule has 0 atom stereocenters. The Bertz CT molecular complexity index is 530. The Morgan fingerprint density at radius 1 is 1.05 bits per heavy atom. The highest BCUT2D eigenvalue weighted by atomic mass is 35.5. The molecule has 0 aliphatic heterocycles. The van der Waals surface area contributed by atoms with E-state index in [1.54, 1.807) is 31.3 Å². The minimum Gasteiger partial charge on any atom is -0.341 e. The van der Waals surface area contributed by atoms with Crippen LogP contribution in [-0.2, 0) is 0 Å². The summed E-state index contributed by atoms with van der Waals surface area (Å²) in [5.41, 5.74) is 0.667. The highest BCUT2D eigenvalue weighted by Gasteiger charge is 2.23. The van der Waals surface area contributed by atoms with Gasteiger partial charge in [-0.3, -0.25) is 0 Å². The van der Waals surface area contributed by atoms with Gasteiger partial charge in [-0.05, 0) is 43.9 Å². The molecule has 0 unspecified atom stereocenters. The molecule has 0 spiro atoms. The number of hydrogen-bond donors (Lipinski definition) is 4. The zero-order valence-corrected chi connectivity index (χ0v) is 13.2. The summed E-state index contributed by atoms with van der Waals surface area (Å²) in [6.07, 6.45) is 3.40. The Morgan fingerprint density at radius 2 is 1.64 bits per heavy atom. The third-order valence-electron chi connectivity index (χ3n) is 3.71. The van der Waals surface area contributed by atoms with Crippen molar-refractivity contribution in [3.63, 3.8) is 0 Å². The number of carbonyl (C=O) groups excluding carboxylic acids is 2. The van der Waals surface area contributed by atoms with Crippen molar-refractivity contribution in [1.29, 1.82) is 0 Å². The topological polar surface area (TPSA) is 82.3 Å². The number of hydrogen-bond acceptors (Lipinski definition) is 2. The zero-order valence-electron chi connectivity index (χ0n) is 12.5. The van der Waals surface area contributed by atoms with E-state index < -0.39 is 0 Å². The first-order chi connectivity index (χ1) is 10.6. The molecular weight excluding hydrogens is 304 g/mol. The summed E-state index contributed by atoms with van der Waals surface area (Å²) >= 11 is 5.88. The molecule has 0 heterocycles. The number of urea groups is 2. The molecule has 22 heavy (non-hydrogen) atoms. The van der Waals surface area contributed by atoms with Crippen molar-refractivity contribution in [1.82, 2.24) is 16.0 Å². The van der Waals surface area contributed by atoms with Crippen molar-refractivity contribution in [2.45, 2.75) is 37.8 Å². The van der Waals surface area contributed by atoms with Crippen LogP contribution in [-0.4, -0.2) is 31.2 Å². The van der Waals surface area contributed by atoms with E-state index in [1.165, 1.54) is 0 Å². The van der Waals surface area contributed by atoms with Crippen molar-refractivity contribution in [3.05, 3.63) is 29.3 Å². The van der Waals surface area contributed by atoms with Crippen LogP contribution < -0.4 is 21.3 Å². The average molecular weight is 325 g/mol. The summed E-state index contributed by atoms with van der Waals surface area (Å²) in [6, 6.07) is 6.94. The second-order valence-electron chi connectivity index (χ2n) is 5.38. The highest BCUT2D eigenvalue weighted by molar-refractivity contribution is 6.30. The fraction of sp³-hybridized carbons (Fsp3) is 0.467. The van der Waals surface area contributed by atoms with Crippen molar-refractivity contribution in [2.24, 2.45) is 0 Å². The Kier molecular flexibility index (Phi) is 5.89. The van der Waals surface area contributed by atoms with Crippen LogP contribution in [0.3, 0.4) is 0 Å². The molecule has 7 heteroatoms. The van der Waals surface area contributed by atoms with E-state index in [1.807, 2.05) is 0 Å². The summed E-state index contributed by atoms with van der Waals surface area (Å²) in [4.78, 5) is 23.2. The van der Waals surface area contributed by atoms with Gasteiger partial charge in [-0.1, -0.05) is 17.7 Å². The van der Waals surface area contributed by atoms with Crippen LogP contribution in [0, 0.1) is 0 Å². The van der Waals surface area contributed by atoms with Gasteiger partial charge < -0.3 is 21.3 Å². The lowest BCUT2D eigenvalue weighted by Crippen LogP contribution is -2.46. The smallest absolute Gasteiger partial charge is 0.319 e. The number of rotatable bonds is 3. The van der Waals surface area contributed by atoms with Crippen molar-refractivity contribution in [2.75, 3.05) is 12.4 Å². The Labute approximate surface area is 135 Å². The molecule has 1 saturated carbocycles. The van der Waals surface area contributed by atoms with E-state index >= 15 is 0 Å². The number of carbonyl (C=O) groups is 2. The molecular formula is C15H21ClN4O2. The van der Waals surface area contributed by atoms with Crippen LogP contribution in [0.4, 0.5) is 15.3 Å². The van der Waals surface area contributed by atoms with Crippen LogP contribution in [0.1, 0.15) is 25.7 Å². The van der Waals surface area contributed by atoms with E-state index in [9.17, 15) is 9.59 Å². The van der Waals surface area contributed by atoms with Gasteiger partial charge in [0, 0.05) is 29.8 Å². The van der Waals surface area contributed by atoms with Gasteiger partial charge >= 0.3 is 12.1 Å². The van der Waals surface area contributed by atoms with Crippen LogP contribution in [0.15, 0.2) is 24.3 Å². The lowest BCUT2D eigenvalue weighted by Gasteiger charge is -2.29. The summed E-state index contributed by atoms with van der Waals surface area (Å²) in [7, 11) is 1.60. The molecule has 1 aromatic carbocycles. The minimum atomic E-state index is -0.232. The number of amides is 4. The number of anilines is 1. The van der Waals surface area contributed by atoms with E-state index in [4.69, 9.17) is 11.6 Å². The molecule has 4 N–H and O–H groups in total. The predicted molar refractivity (Wildman–Crippen MR) is 87.2 cm³/mol. The van der Waals surface area contributed by atoms with E-state index in [-0.39, 0.29) is 24.1 Å². The van der Waals surface area contributed by atoms with Gasteiger partial charge in [0.25, 0.3) is 0 Å². The molecule has 2 rings (SSSR count). The lowest BCUT2D eigenvalue weighted by atomic mass is 9.91. The first kappa shape index (κ1) is 16.4. The highest BCUT2D eigenvalue weighted by Crippen LogP contribution is 2.19. The van der Waals surface area contributed by atoms with Gasteiger partial charge in [-0.25, -0.2) is 9.59 Å². The Balaban J connectivity index is 1.73. The van der Waals surface area contributed by atoms with Crippen LogP contribution in [0.5, 0.6) is 0 Å². The summed E-state index contributed by atoms with van der Waals surface area (Å²) < 4.78 is 0. The van der Waals surface area contributed by atoms with Crippen LogP contribution >= 0.6 is 11.6 Å². The maximum Gasteiger partial charge on any atom is 0.319 e. The lowest BCUT2D eigenvalue weighted by molar-refractivity contribution is 0.227. The molecule has 1 fully saturated rings. The van der Waals surface area contributed by atoms with E-state index in [2.05, 4.69) is 21.3 Å². The number of nitrogens with one attached hydrogen (secondary N) is 4. The quantitative estimate of drug-likeness (QED) is 0.689. The summed E-state index contributed by atoms with van der Waals surface area (Å²) in [6.45, 7) is 0. The molecule has 0 saturated heterocycles. The van der Waals surface area contributed by atoms with Crippen molar-refractivity contribution >= 4 is 29.4 Å². The van der Waals surface area contributed by atoms with Crippen LogP contribution in [0.2, 0.25) is 5.02 Å². The molecule has 120 valence electrons. The maximum atomic E-state index is 12.0. The predicted octanol–water partition coefficient (Wildman–Crippen LogP) is 2.70. The molecule has 1 aliphatic carbocycles. The SMILES string of the molecule is CNC(=O)NC1CCC(NC(=O)Nc2cccc(Cl)c2)CC1. The first-order valence-corrected chi connectivity index (χ1v) is 7.76. The largest absolute Gasteiger partial charge is 0.341 e. The average Bonchev–Trinajstić information content (AvgIpc) is 2.49. The molecule has 0 bridgehead atoms. The van der Waals surface area contributed by atoms with Gasteiger partial charge in [0.2, 0.25) is 0 Å². The number of benzene rings is 1. The first-order valence-electron chi connectivity index (χ1n) is 7.38. The summed E-state index contributed by atoms with van der Waals surface area (Å²) in [5, 5.41) is 11.7. The molecule has 0 radical (unpaired) electrons. The van der Waals surface area contributed by atoms with Crippen LogP contribution in [0.25, 0.3) is 0 Å². The third kappa shape index (κ3) is 5.11. The molecule has 0 aromatic heterocycles. The molecule has 1 aliphatic rings.